The molecule has 0 radical (unpaired) electrons. The van der Waals surface area contributed by atoms with Crippen molar-refractivity contribution < 1.29 is 0 Å². The molecule has 0 aliphatic rings. The molecule has 2 heteroatoms. The maximum atomic E-state index is 3.96. The molecular formula is C14H20BN. The lowest BCUT2D eigenvalue weighted by atomic mass is 9.84. The van der Waals surface area contributed by atoms with Crippen molar-refractivity contribution in [3.05, 3.63) is 72.4 Å². The van der Waals surface area contributed by atoms with E-state index in [2.05, 4.69) is 31.6 Å². The van der Waals surface area contributed by atoms with Crippen LogP contribution in [0.25, 0.3) is 0 Å². The third-order valence-electron chi connectivity index (χ3n) is 2.23. The summed E-state index contributed by atoms with van der Waals surface area (Å²) >= 11 is 0. The van der Waals surface area contributed by atoms with Gasteiger partial charge in [-0.3, -0.25) is 0 Å². The molecule has 0 heterocycles. The molecule has 16 heavy (non-hydrogen) atoms. The van der Waals surface area contributed by atoms with E-state index >= 15 is 0 Å². The fourth-order valence-corrected chi connectivity index (χ4v) is 1.33. The summed E-state index contributed by atoms with van der Waals surface area (Å²) in [5.41, 5.74) is 4.89. The normalized spacial score (nSPS) is 12.5. The summed E-state index contributed by atoms with van der Waals surface area (Å²) in [6.45, 7) is 17.4. The van der Waals surface area contributed by atoms with E-state index in [0.717, 1.165) is 27.9 Å². The van der Waals surface area contributed by atoms with Crippen molar-refractivity contribution in [3.63, 3.8) is 0 Å². The monoisotopic (exact) mass is 213 g/mol. The maximum Gasteiger partial charge on any atom is 0.139 e. The zero-order chi connectivity index (χ0) is 12.7. The lowest BCUT2D eigenvalue weighted by molar-refractivity contribution is 1.01. The second-order valence-corrected chi connectivity index (χ2v) is 3.64. The Kier molecular flexibility index (Phi) is 6.01. The van der Waals surface area contributed by atoms with Crippen molar-refractivity contribution in [2.75, 3.05) is 7.05 Å². The molecule has 1 N–H and O–H groups in total. The summed E-state index contributed by atoms with van der Waals surface area (Å²) in [5.74, 6) is 0. The van der Waals surface area contributed by atoms with Crippen LogP contribution in [0.3, 0.4) is 0 Å². The quantitative estimate of drug-likeness (QED) is 0.528. The standard InChI is InChI=1S/C14H20BN/c1-7-10(3)9-13(16-6)14(12(5)15)11(4)8-2/h7-9,16H,1-2,4-5,15H2,3,6H3/b10-9-,14-13+. The van der Waals surface area contributed by atoms with Gasteiger partial charge in [0.15, 0.2) is 0 Å². The first-order valence-electron chi connectivity index (χ1n) is 5.18. The highest BCUT2D eigenvalue weighted by molar-refractivity contribution is 6.24. The Morgan fingerprint density at radius 1 is 1.19 bits per heavy atom. The first-order chi connectivity index (χ1) is 7.47. The molecule has 84 valence electrons. The number of rotatable bonds is 6. The molecule has 0 atom stereocenters. The van der Waals surface area contributed by atoms with Gasteiger partial charge in [-0.1, -0.05) is 37.4 Å². The van der Waals surface area contributed by atoms with Gasteiger partial charge >= 0.3 is 0 Å². The summed E-state index contributed by atoms with van der Waals surface area (Å²) in [5, 5.41) is 3.15. The second-order valence-electron chi connectivity index (χ2n) is 3.64. The van der Waals surface area contributed by atoms with Gasteiger partial charge in [-0.05, 0) is 29.7 Å². The zero-order valence-corrected chi connectivity index (χ0v) is 10.6. The van der Waals surface area contributed by atoms with E-state index < -0.39 is 0 Å². The molecule has 0 fully saturated rings. The van der Waals surface area contributed by atoms with Gasteiger partial charge in [0.05, 0.1) is 0 Å². The number of likely N-dealkylation sites (N-methyl/N-ethyl adjacent to an activating group) is 1. The summed E-state index contributed by atoms with van der Waals surface area (Å²) in [4.78, 5) is 0. The molecule has 0 saturated carbocycles. The third-order valence-corrected chi connectivity index (χ3v) is 2.23. The van der Waals surface area contributed by atoms with E-state index in [1.807, 2.05) is 34.0 Å². The van der Waals surface area contributed by atoms with Gasteiger partial charge in [-0.25, -0.2) is 0 Å². The van der Waals surface area contributed by atoms with E-state index in [4.69, 9.17) is 0 Å². The molecule has 0 spiro atoms. The maximum absolute atomic E-state index is 3.96. The van der Waals surface area contributed by atoms with Crippen molar-refractivity contribution in [1.29, 1.82) is 0 Å². The van der Waals surface area contributed by atoms with Crippen LogP contribution in [0, 0.1) is 0 Å². The number of hydrogen-bond donors (Lipinski definition) is 1. The lowest BCUT2D eigenvalue weighted by Crippen LogP contribution is -2.09. The molecule has 0 bridgehead atoms. The molecule has 0 aromatic carbocycles. The van der Waals surface area contributed by atoms with Crippen LogP contribution in [0.1, 0.15) is 6.92 Å². The molecule has 1 nitrogen and oxygen atoms in total. The van der Waals surface area contributed by atoms with Gasteiger partial charge in [0, 0.05) is 12.7 Å². The second kappa shape index (κ2) is 6.73. The third kappa shape index (κ3) is 3.81. The van der Waals surface area contributed by atoms with Crippen LogP contribution in [0.5, 0.6) is 0 Å². The van der Waals surface area contributed by atoms with Crippen LogP contribution in [0.4, 0.5) is 0 Å². The summed E-state index contributed by atoms with van der Waals surface area (Å²) in [6.07, 6.45) is 5.56. The molecule has 0 aromatic heterocycles. The Bertz CT molecular complexity index is 384. The van der Waals surface area contributed by atoms with Crippen molar-refractivity contribution in [3.8, 4) is 0 Å². The minimum Gasteiger partial charge on any atom is -0.388 e. The Balaban J connectivity index is 5.69. The Hall–Kier alpha value is -1.70. The number of allylic oxidation sites excluding steroid dienone is 7. The van der Waals surface area contributed by atoms with Gasteiger partial charge in [0.2, 0.25) is 0 Å². The minimum absolute atomic E-state index is 0.866. The number of hydrogen-bond acceptors (Lipinski definition) is 1. The van der Waals surface area contributed by atoms with Gasteiger partial charge < -0.3 is 5.32 Å². The van der Waals surface area contributed by atoms with E-state index in [1.165, 1.54) is 0 Å². The predicted molar refractivity (Wildman–Crippen MR) is 77.1 cm³/mol. The first kappa shape index (κ1) is 14.3. The SMILES string of the molecule is BC(=C)/C(C(=C)C=C)=C(\C=C(\C)C=C)NC. The lowest BCUT2D eigenvalue weighted by Gasteiger charge is -2.13. The smallest absolute Gasteiger partial charge is 0.139 e. The van der Waals surface area contributed by atoms with Gasteiger partial charge in [-0.15, -0.1) is 6.58 Å². The minimum atomic E-state index is 0.866. The highest BCUT2D eigenvalue weighted by atomic mass is 14.8. The van der Waals surface area contributed by atoms with Crippen LogP contribution in [-0.2, 0) is 0 Å². The predicted octanol–water partition coefficient (Wildman–Crippen LogP) is 2.48. The highest BCUT2D eigenvalue weighted by Crippen LogP contribution is 2.20. The fourth-order valence-electron chi connectivity index (χ4n) is 1.33. The Labute approximate surface area is 100 Å². The average molecular weight is 213 g/mol. The van der Waals surface area contributed by atoms with Gasteiger partial charge in [-0.2, -0.15) is 0 Å². The molecule has 0 aliphatic heterocycles. The van der Waals surface area contributed by atoms with E-state index in [0.29, 0.717) is 0 Å². The van der Waals surface area contributed by atoms with Crippen molar-refractivity contribution >= 4 is 7.85 Å². The van der Waals surface area contributed by atoms with E-state index in [9.17, 15) is 0 Å². The first-order valence-corrected chi connectivity index (χ1v) is 5.18. The number of nitrogens with one attached hydrogen (secondary N) is 1. The molecule has 0 unspecified atom stereocenters. The average Bonchev–Trinajstić information content (AvgIpc) is 2.26. The highest BCUT2D eigenvalue weighted by Gasteiger charge is 2.06. The topological polar surface area (TPSA) is 12.0 Å². The van der Waals surface area contributed by atoms with Crippen LogP contribution in [0.2, 0.25) is 0 Å². The molecule has 0 amide bonds. The van der Waals surface area contributed by atoms with Crippen molar-refractivity contribution in [2.45, 2.75) is 6.92 Å². The van der Waals surface area contributed by atoms with Crippen LogP contribution >= 0.6 is 0 Å². The molecular weight excluding hydrogens is 193 g/mol. The summed E-state index contributed by atoms with van der Waals surface area (Å²) in [7, 11) is 3.83. The van der Waals surface area contributed by atoms with Gasteiger partial charge in [0.25, 0.3) is 0 Å². The largest absolute Gasteiger partial charge is 0.388 e. The molecule has 0 saturated heterocycles. The molecule has 0 rings (SSSR count). The van der Waals surface area contributed by atoms with Gasteiger partial charge in [0.1, 0.15) is 7.85 Å². The molecule has 0 aliphatic carbocycles. The molecule has 0 aromatic rings. The van der Waals surface area contributed by atoms with Crippen LogP contribution < -0.4 is 5.32 Å². The van der Waals surface area contributed by atoms with E-state index in [-0.39, 0.29) is 0 Å². The van der Waals surface area contributed by atoms with Crippen LogP contribution in [-0.4, -0.2) is 14.9 Å². The van der Waals surface area contributed by atoms with E-state index in [1.54, 1.807) is 6.08 Å². The Morgan fingerprint density at radius 2 is 1.75 bits per heavy atom. The van der Waals surface area contributed by atoms with Crippen molar-refractivity contribution in [1.82, 2.24) is 5.32 Å². The van der Waals surface area contributed by atoms with Crippen molar-refractivity contribution in [2.24, 2.45) is 0 Å². The van der Waals surface area contributed by atoms with Crippen LogP contribution in [0.15, 0.2) is 72.4 Å². The summed E-state index contributed by atoms with van der Waals surface area (Å²) in [6, 6.07) is 0. The summed E-state index contributed by atoms with van der Waals surface area (Å²) < 4.78 is 0. The zero-order valence-electron chi connectivity index (χ0n) is 10.6. The Morgan fingerprint density at radius 3 is 2.06 bits per heavy atom. The fraction of sp³-hybridized carbons (Fsp3) is 0.143.